The zero-order valence-electron chi connectivity index (χ0n) is 19.4. The monoisotopic (exact) mass is 491 g/mol. The maximum atomic E-state index is 13.5. The smallest absolute Gasteiger partial charge is 0.273 e. The number of benzene rings is 2. The number of aromatic nitrogens is 2. The summed E-state index contributed by atoms with van der Waals surface area (Å²) in [6.07, 6.45) is 0.759. The Balaban J connectivity index is 1.46. The van der Waals surface area contributed by atoms with E-state index in [2.05, 4.69) is 5.10 Å². The van der Waals surface area contributed by atoms with Gasteiger partial charge in [-0.3, -0.25) is 19.5 Å². The summed E-state index contributed by atoms with van der Waals surface area (Å²) in [5.74, 6) is 1.18. The van der Waals surface area contributed by atoms with Gasteiger partial charge in [0.05, 0.1) is 37.6 Å². The van der Waals surface area contributed by atoms with Crippen molar-refractivity contribution in [3.63, 3.8) is 0 Å². The number of hydrogen-bond donors (Lipinski definition) is 1. The molecule has 0 saturated heterocycles. The number of ether oxygens (including phenoxy) is 2. The number of fused-ring (bicyclic) bond motifs is 2. The molecular formula is C26H25N3O5S. The minimum atomic E-state index is -0.350. The SMILES string of the molecule is COc1cc2c(cc1OC)C(c1cccs1)N(C(=O)CCn1[nH]c(=O)c3ccccc3c1=O)CC2. The highest BCUT2D eigenvalue weighted by Gasteiger charge is 2.33. The molecule has 1 aliphatic rings. The fourth-order valence-corrected chi connectivity index (χ4v) is 5.58. The number of H-pyrrole nitrogens is 1. The fourth-order valence-electron chi connectivity index (χ4n) is 4.72. The van der Waals surface area contributed by atoms with Gasteiger partial charge in [-0.15, -0.1) is 11.3 Å². The van der Waals surface area contributed by atoms with Gasteiger partial charge in [0.1, 0.15) is 0 Å². The standard InChI is InChI=1S/C26H25N3O5S/c1-33-20-14-16-9-11-28(24(22-8-5-13-35-22)19(16)15-21(20)34-2)23(30)10-12-29-26(32)18-7-4-3-6-17(18)25(31)27-29/h3-8,13-15,24H,9-12H2,1-2H3,(H,27,31). The summed E-state index contributed by atoms with van der Waals surface area (Å²) >= 11 is 1.59. The van der Waals surface area contributed by atoms with E-state index in [0.29, 0.717) is 35.2 Å². The Morgan fingerprint density at radius 1 is 1.06 bits per heavy atom. The van der Waals surface area contributed by atoms with Crippen molar-refractivity contribution in [3.8, 4) is 11.5 Å². The predicted octanol–water partition coefficient (Wildman–Crippen LogP) is 3.33. The van der Waals surface area contributed by atoms with Crippen LogP contribution in [0.15, 0.2) is 63.5 Å². The van der Waals surface area contributed by atoms with Gasteiger partial charge in [-0.05, 0) is 53.3 Å². The third-order valence-corrected chi connectivity index (χ3v) is 7.36. The van der Waals surface area contributed by atoms with Crippen LogP contribution in [0.25, 0.3) is 10.8 Å². The number of nitrogens with zero attached hydrogens (tertiary/aromatic N) is 2. The molecule has 9 heteroatoms. The average molecular weight is 492 g/mol. The van der Waals surface area contributed by atoms with E-state index in [1.165, 1.54) is 4.68 Å². The molecule has 4 aromatic rings. The van der Waals surface area contributed by atoms with Crippen LogP contribution in [0, 0.1) is 0 Å². The van der Waals surface area contributed by atoms with Crippen molar-refractivity contribution < 1.29 is 14.3 Å². The first kappa shape index (κ1) is 22.9. The van der Waals surface area contributed by atoms with Gasteiger partial charge >= 0.3 is 0 Å². The van der Waals surface area contributed by atoms with Crippen LogP contribution in [0.3, 0.4) is 0 Å². The van der Waals surface area contributed by atoms with Crippen LogP contribution in [0.1, 0.15) is 28.5 Å². The topological polar surface area (TPSA) is 93.6 Å². The third-order valence-electron chi connectivity index (χ3n) is 6.44. The van der Waals surface area contributed by atoms with Crippen LogP contribution in [0.2, 0.25) is 0 Å². The number of thiophene rings is 1. The van der Waals surface area contributed by atoms with Gasteiger partial charge in [0, 0.05) is 17.8 Å². The number of nitrogens with one attached hydrogen (secondary N) is 1. The van der Waals surface area contributed by atoms with Gasteiger partial charge in [0.2, 0.25) is 5.91 Å². The van der Waals surface area contributed by atoms with Crippen LogP contribution < -0.4 is 20.6 Å². The van der Waals surface area contributed by atoms with E-state index in [1.807, 2.05) is 34.5 Å². The molecule has 0 aliphatic carbocycles. The highest BCUT2D eigenvalue weighted by molar-refractivity contribution is 7.10. The summed E-state index contributed by atoms with van der Waals surface area (Å²) in [4.78, 5) is 41.7. The van der Waals surface area contributed by atoms with Crippen molar-refractivity contribution in [2.24, 2.45) is 0 Å². The highest BCUT2D eigenvalue weighted by Crippen LogP contribution is 2.42. The summed E-state index contributed by atoms with van der Waals surface area (Å²) in [7, 11) is 3.21. The number of aryl methyl sites for hydroxylation is 1. The summed E-state index contributed by atoms with van der Waals surface area (Å²) in [5, 5.41) is 5.28. The number of carbonyl (C=O) groups is 1. The molecule has 8 nitrogen and oxygen atoms in total. The first-order chi connectivity index (χ1) is 17.0. The van der Waals surface area contributed by atoms with Crippen molar-refractivity contribution in [2.45, 2.75) is 25.4 Å². The van der Waals surface area contributed by atoms with E-state index in [-0.39, 0.29) is 36.0 Å². The number of rotatable bonds is 6. The first-order valence-electron chi connectivity index (χ1n) is 11.3. The van der Waals surface area contributed by atoms with Crippen molar-refractivity contribution in [3.05, 3.63) is 90.6 Å². The third kappa shape index (κ3) is 4.12. The number of carbonyl (C=O) groups excluding carboxylic acids is 1. The Morgan fingerprint density at radius 3 is 2.51 bits per heavy atom. The van der Waals surface area contributed by atoms with Crippen molar-refractivity contribution >= 4 is 28.0 Å². The van der Waals surface area contributed by atoms with E-state index in [0.717, 1.165) is 16.0 Å². The predicted molar refractivity (Wildman–Crippen MR) is 135 cm³/mol. The summed E-state index contributed by atoms with van der Waals surface area (Å²) in [6.45, 7) is 0.622. The molecule has 5 rings (SSSR count). The molecule has 0 spiro atoms. The van der Waals surface area contributed by atoms with Gasteiger partial charge in [0.25, 0.3) is 11.1 Å². The molecular weight excluding hydrogens is 466 g/mol. The number of aromatic amines is 1. The lowest BCUT2D eigenvalue weighted by molar-refractivity contribution is -0.133. The van der Waals surface area contributed by atoms with Crippen LogP contribution in [0.5, 0.6) is 11.5 Å². The van der Waals surface area contributed by atoms with Crippen molar-refractivity contribution in [1.29, 1.82) is 0 Å². The number of amides is 1. The fraction of sp³-hybridized carbons (Fsp3) is 0.269. The zero-order chi connectivity index (χ0) is 24.5. The van der Waals surface area contributed by atoms with E-state index in [4.69, 9.17) is 9.47 Å². The van der Waals surface area contributed by atoms with Crippen LogP contribution >= 0.6 is 11.3 Å². The molecule has 2 aromatic heterocycles. The van der Waals surface area contributed by atoms with Crippen LogP contribution in [-0.2, 0) is 17.8 Å². The Hall–Kier alpha value is -3.85. The lowest BCUT2D eigenvalue weighted by atomic mass is 9.90. The summed E-state index contributed by atoms with van der Waals surface area (Å²) < 4.78 is 12.2. The molecule has 0 bridgehead atoms. The van der Waals surface area contributed by atoms with Gasteiger partial charge in [-0.1, -0.05) is 18.2 Å². The second-order valence-electron chi connectivity index (χ2n) is 8.35. The molecule has 1 amide bonds. The van der Waals surface area contributed by atoms with Crippen LogP contribution in [-0.4, -0.2) is 41.4 Å². The summed E-state index contributed by atoms with van der Waals surface area (Å²) in [5.41, 5.74) is 1.45. The quantitative estimate of drug-likeness (QED) is 0.447. The Labute approximate surface area is 205 Å². The molecule has 180 valence electrons. The van der Waals surface area contributed by atoms with Gasteiger partial charge in [-0.2, -0.15) is 0 Å². The normalized spacial score (nSPS) is 15.1. The molecule has 2 aromatic carbocycles. The molecule has 0 saturated carbocycles. The Bertz CT molecular complexity index is 1510. The molecule has 35 heavy (non-hydrogen) atoms. The second kappa shape index (κ2) is 9.42. The van der Waals surface area contributed by atoms with E-state index in [9.17, 15) is 14.4 Å². The molecule has 0 fully saturated rings. The van der Waals surface area contributed by atoms with Gasteiger partial charge < -0.3 is 14.4 Å². The Kier molecular flexibility index (Phi) is 6.17. The molecule has 1 N–H and O–H groups in total. The minimum Gasteiger partial charge on any atom is -0.493 e. The maximum absolute atomic E-state index is 13.5. The zero-order valence-corrected chi connectivity index (χ0v) is 20.3. The molecule has 1 atom stereocenters. The lowest BCUT2D eigenvalue weighted by Crippen LogP contribution is -2.41. The number of methoxy groups -OCH3 is 2. The van der Waals surface area contributed by atoms with Crippen molar-refractivity contribution in [2.75, 3.05) is 20.8 Å². The maximum Gasteiger partial charge on any atom is 0.273 e. The first-order valence-corrected chi connectivity index (χ1v) is 12.2. The molecule has 1 unspecified atom stereocenters. The molecule has 3 heterocycles. The Morgan fingerprint density at radius 2 is 1.80 bits per heavy atom. The second-order valence-corrected chi connectivity index (χ2v) is 9.33. The van der Waals surface area contributed by atoms with Crippen LogP contribution in [0.4, 0.5) is 0 Å². The lowest BCUT2D eigenvalue weighted by Gasteiger charge is -2.37. The van der Waals surface area contributed by atoms with E-state index >= 15 is 0 Å². The van der Waals surface area contributed by atoms with Gasteiger partial charge in [-0.25, -0.2) is 4.68 Å². The number of hydrogen-bond acceptors (Lipinski definition) is 6. The molecule has 1 aliphatic heterocycles. The van der Waals surface area contributed by atoms with Gasteiger partial charge in [0.15, 0.2) is 11.5 Å². The largest absolute Gasteiger partial charge is 0.493 e. The average Bonchev–Trinajstić information content (AvgIpc) is 3.42. The minimum absolute atomic E-state index is 0.0820. The molecule has 0 radical (unpaired) electrons. The summed E-state index contributed by atoms with van der Waals surface area (Å²) in [6, 6.07) is 14.3. The van der Waals surface area contributed by atoms with E-state index < -0.39 is 0 Å². The van der Waals surface area contributed by atoms with E-state index in [1.54, 1.807) is 49.8 Å². The highest BCUT2D eigenvalue weighted by atomic mass is 32.1. The van der Waals surface area contributed by atoms with Crippen molar-refractivity contribution in [1.82, 2.24) is 14.7 Å².